The van der Waals surface area contributed by atoms with E-state index in [-0.39, 0.29) is 19.6 Å². The summed E-state index contributed by atoms with van der Waals surface area (Å²) in [6.45, 7) is 2.11. The Hall–Kier alpha value is -0.700. The van der Waals surface area contributed by atoms with Crippen LogP contribution in [0.3, 0.4) is 0 Å². The van der Waals surface area contributed by atoms with Gasteiger partial charge < -0.3 is 10.0 Å². The molecular formula is C17H33NO6S. The molecule has 1 aliphatic heterocycles. The number of likely N-dealkylation sites (N-methyl/N-ethyl adjacent to an activating group) is 1. The Morgan fingerprint density at radius 3 is 1.88 bits per heavy atom. The van der Waals surface area contributed by atoms with Crippen LogP contribution in [0, 0.1) is 0 Å². The molecule has 1 aliphatic rings. The third-order valence-corrected chi connectivity index (χ3v) is 5.39. The molecule has 0 aliphatic carbocycles. The van der Waals surface area contributed by atoms with Crippen LogP contribution in [-0.2, 0) is 23.6 Å². The Morgan fingerprint density at radius 2 is 1.44 bits per heavy atom. The van der Waals surface area contributed by atoms with Crippen molar-refractivity contribution in [3.63, 3.8) is 0 Å². The van der Waals surface area contributed by atoms with Gasteiger partial charge in [0.1, 0.15) is 0 Å². The van der Waals surface area contributed by atoms with Gasteiger partial charge in [0.05, 0.1) is 6.61 Å². The van der Waals surface area contributed by atoms with Crippen molar-refractivity contribution < 1.29 is 26.7 Å². The van der Waals surface area contributed by atoms with E-state index in [1.807, 2.05) is 0 Å². The van der Waals surface area contributed by atoms with E-state index in [9.17, 15) is 13.2 Å². The van der Waals surface area contributed by atoms with E-state index in [1.54, 1.807) is 0 Å². The quantitative estimate of drug-likeness (QED) is 0.467. The van der Waals surface area contributed by atoms with E-state index in [0.717, 1.165) is 19.3 Å². The van der Waals surface area contributed by atoms with E-state index in [1.165, 1.54) is 50.5 Å². The lowest BCUT2D eigenvalue weighted by molar-refractivity contribution is -0.210. The molecule has 0 bridgehead atoms. The highest BCUT2D eigenvalue weighted by Gasteiger charge is 2.58. The van der Waals surface area contributed by atoms with Crippen molar-refractivity contribution in [2.24, 2.45) is 0 Å². The summed E-state index contributed by atoms with van der Waals surface area (Å²) >= 11 is 0. The van der Waals surface area contributed by atoms with Crippen LogP contribution in [0.2, 0.25) is 0 Å². The van der Waals surface area contributed by atoms with Crippen LogP contribution in [0.25, 0.3) is 0 Å². The third kappa shape index (κ3) is 7.60. The van der Waals surface area contributed by atoms with Gasteiger partial charge >= 0.3 is 10.4 Å². The second-order valence-corrected chi connectivity index (χ2v) is 7.86. The van der Waals surface area contributed by atoms with Crippen molar-refractivity contribution in [2.75, 3.05) is 20.2 Å². The second kappa shape index (κ2) is 11.1. The third-order valence-electron chi connectivity index (χ3n) is 4.44. The maximum atomic E-state index is 12.3. The largest absolute Gasteiger partial charge is 0.406 e. The number of rotatable bonds is 14. The van der Waals surface area contributed by atoms with Crippen LogP contribution in [0.15, 0.2) is 0 Å². The number of amides is 1. The number of nitrogens with zero attached hydrogens (tertiary/aromatic N) is 1. The van der Waals surface area contributed by atoms with Crippen LogP contribution in [0.1, 0.15) is 77.6 Å². The Labute approximate surface area is 152 Å². The molecule has 0 aromatic carbocycles. The Bertz CT molecular complexity index is 481. The topological polar surface area (TPSA) is 93.1 Å². The van der Waals surface area contributed by atoms with Gasteiger partial charge in [0.25, 0.3) is 11.7 Å². The molecule has 0 saturated carbocycles. The molecule has 25 heavy (non-hydrogen) atoms. The van der Waals surface area contributed by atoms with E-state index in [2.05, 4.69) is 6.92 Å². The second-order valence-electron chi connectivity index (χ2n) is 6.71. The predicted molar refractivity (Wildman–Crippen MR) is 95.0 cm³/mol. The average molecular weight is 380 g/mol. The van der Waals surface area contributed by atoms with Gasteiger partial charge in [-0.3, -0.25) is 4.79 Å². The average Bonchev–Trinajstić information content (AvgIpc) is 2.54. The zero-order valence-corrected chi connectivity index (χ0v) is 16.4. The normalized spacial score (nSPS) is 17.9. The van der Waals surface area contributed by atoms with Crippen LogP contribution < -0.4 is 0 Å². The number of carbonyl (C=O) groups is 1. The first-order chi connectivity index (χ1) is 11.9. The molecule has 7 nitrogen and oxygen atoms in total. The smallest absolute Gasteiger partial charge is 0.395 e. The highest BCUT2D eigenvalue weighted by molar-refractivity contribution is 7.83. The van der Waals surface area contributed by atoms with Gasteiger partial charge in [0.2, 0.25) is 0 Å². The molecule has 1 heterocycles. The molecule has 0 unspecified atom stereocenters. The number of aliphatic hydroxyl groups excluding tert-OH is 1. The van der Waals surface area contributed by atoms with Gasteiger partial charge in [-0.2, -0.15) is 8.42 Å². The van der Waals surface area contributed by atoms with Gasteiger partial charge in [-0.1, -0.05) is 64.7 Å². The number of unbranched alkanes of at least 4 members (excludes halogenated alkanes) is 9. The Kier molecular flexibility index (Phi) is 9.92. The molecule has 1 fully saturated rings. The van der Waals surface area contributed by atoms with Crippen molar-refractivity contribution in [3.05, 3.63) is 0 Å². The van der Waals surface area contributed by atoms with Crippen LogP contribution >= 0.6 is 0 Å². The monoisotopic (exact) mass is 379 g/mol. The molecule has 148 valence electrons. The van der Waals surface area contributed by atoms with E-state index in [0.29, 0.717) is 6.42 Å². The first-order valence-electron chi connectivity index (χ1n) is 9.39. The summed E-state index contributed by atoms with van der Waals surface area (Å²) in [7, 11) is -2.57. The molecule has 1 rings (SSSR count). The minimum atomic E-state index is -4.06. The number of hydrogen-bond donors (Lipinski definition) is 1. The fourth-order valence-corrected chi connectivity index (χ4v) is 3.97. The van der Waals surface area contributed by atoms with Crippen molar-refractivity contribution in [1.29, 1.82) is 0 Å². The van der Waals surface area contributed by atoms with Crippen molar-refractivity contribution >= 4 is 16.3 Å². The fraction of sp³-hybridized carbons (Fsp3) is 0.941. The summed E-state index contributed by atoms with van der Waals surface area (Å²) in [6.07, 6.45) is 11.6. The van der Waals surface area contributed by atoms with Crippen LogP contribution in [0.5, 0.6) is 0 Å². The lowest BCUT2D eigenvalue weighted by Gasteiger charge is -2.39. The summed E-state index contributed by atoms with van der Waals surface area (Å²) in [5.74, 6) is -2.30. The van der Waals surface area contributed by atoms with Gasteiger partial charge in [0, 0.05) is 20.0 Å². The van der Waals surface area contributed by atoms with Gasteiger partial charge in [-0.05, 0) is 6.42 Å². The van der Waals surface area contributed by atoms with Crippen LogP contribution in [0.4, 0.5) is 0 Å². The van der Waals surface area contributed by atoms with Gasteiger partial charge in [-0.25, -0.2) is 8.37 Å². The Balaban J connectivity index is 2.25. The zero-order chi connectivity index (χ0) is 18.8. The highest BCUT2D eigenvalue weighted by Crippen LogP contribution is 2.37. The lowest BCUT2D eigenvalue weighted by Crippen LogP contribution is -2.60. The summed E-state index contributed by atoms with van der Waals surface area (Å²) in [5.41, 5.74) is 0. The summed E-state index contributed by atoms with van der Waals surface area (Å²) in [5, 5.41) is 8.92. The van der Waals surface area contributed by atoms with E-state index < -0.39 is 22.1 Å². The first kappa shape index (κ1) is 22.3. The van der Waals surface area contributed by atoms with Crippen molar-refractivity contribution in [1.82, 2.24) is 4.90 Å². The summed E-state index contributed by atoms with van der Waals surface area (Å²) < 4.78 is 32.0. The molecule has 0 aromatic rings. The molecule has 0 spiro atoms. The molecule has 0 aromatic heterocycles. The molecule has 0 atom stereocenters. The molecule has 8 heteroatoms. The lowest BCUT2D eigenvalue weighted by atomic mass is 10.0. The van der Waals surface area contributed by atoms with E-state index in [4.69, 9.17) is 13.5 Å². The standard InChI is InChI=1S/C17H33NO6S/c1-3-4-5-6-7-8-9-10-11-12-13-17(23-25(21,22)24-17)16(20)18(2)14-15-19/h19H,3-15H2,1-2H3. The maximum absolute atomic E-state index is 12.3. The molecule has 0 radical (unpaired) electrons. The minimum Gasteiger partial charge on any atom is -0.395 e. The predicted octanol–water partition coefficient (Wildman–Crippen LogP) is 2.74. The zero-order valence-electron chi connectivity index (χ0n) is 15.5. The van der Waals surface area contributed by atoms with Gasteiger partial charge in [-0.15, -0.1) is 0 Å². The highest BCUT2D eigenvalue weighted by atomic mass is 32.3. The minimum absolute atomic E-state index is 0.103. The SMILES string of the molecule is CCCCCCCCCCCCC1(C(=O)N(C)CCO)OS(=O)(=O)O1. The first-order valence-corrected chi connectivity index (χ1v) is 10.7. The van der Waals surface area contributed by atoms with E-state index >= 15 is 0 Å². The Morgan fingerprint density at radius 1 is 0.960 bits per heavy atom. The van der Waals surface area contributed by atoms with Crippen molar-refractivity contribution in [2.45, 2.75) is 83.3 Å². The number of carbonyl (C=O) groups excluding carboxylic acids is 1. The number of aliphatic hydroxyl groups is 1. The van der Waals surface area contributed by atoms with Crippen LogP contribution in [-0.4, -0.2) is 50.3 Å². The molecule has 1 amide bonds. The van der Waals surface area contributed by atoms with Crippen molar-refractivity contribution in [3.8, 4) is 0 Å². The number of hydrogen-bond acceptors (Lipinski definition) is 6. The molecular weight excluding hydrogens is 346 g/mol. The molecule has 1 N–H and O–H groups in total. The fourth-order valence-electron chi connectivity index (χ4n) is 2.99. The summed E-state index contributed by atoms with van der Waals surface area (Å²) in [6, 6.07) is 0. The van der Waals surface area contributed by atoms with Gasteiger partial charge in [0.15, 0.2) is 0 Å². The summed E-state index contributed by atoms with van der Waals surface area (Å²) in [4.78, 5) is 13.5. The maximum Gasteiger partial charge on any atom is 0.406 e. The molecule has 1 saturated heterocycles.